The first-order chi connectivity index (χ1) is 18.1. The molecule has 11 nitrogen and oxygen atoms in total. The number of aromatic hydroxyl groups is 1. The molecule has 2 fully saturated rings. The number of phenols is 1. The molecule has 198 valence electrons. The van der Waals surface area contributed by atoms with Gasteiger partial charge in [-0.25, -0.2) is 27.5 Å². The molecule has 1 aliphatic carbocycles. The molecule has 6 rings (SSSR count). The number of phenolic OH excluding ortho intramolecular Hbond substituents is 1. The molecule has 15 heteroatoms. The second-order valence-corrected chi connectivity index (χ2v) is 9.58. The molecule has 0 amide bonds. The number of hydrogen-bond donors (Lipinski definition) is 4. The Balaban J connectivity index is 1.40. The van der Waals surface area contributed by atoms with Gasteiger partial charge in [0.2, 0.25) is 0 Å². The van der Waals surface area contributed by atoms with Crippen molar-refractivity contribution in [1.29, 1.82) is 0 Å². The van der Waals surface area contributed by atoms with Crippen LogP contribution in [-0.2, 0) is 4.74 Å². The summed E-state index contributed by atoms with van der Waals surface area (Å²) in [5.41, 5.74) is -1.51. The highest BCUT2D eigenvalue weighted by atomic mass is 35.5. The van der Waals surface area contributed by atoms with Gasteiger partial charge in [0.15, 0.2) is 23.3 Å². The largest absolute Gasteiger partial charge is 0.506 e. The predicted octanol–water partition coefficient (Wildman–Crippen LogP) is 1.84. The quantitative estimate of drug-likeness (QED) is 0.279. The Kier molecular flexibility index (Phi) is 5.70. The number of benzene rings is 2. The molecule has 2 aromatic heterocycles. The van der Waals surface area contributed by atoms with Crippen LogP contribution in [0.25, 0.3) is 16.9 Å². The molecule has 0 radical (unpaired) electrons. The summed E-state index contributed by atoms with van der Waals surface area (Å²) in [6, 6.07) is 4.48. The summed E-state index contributed by atoms with van der Waals surface area (Å²) in [7, 11) is 0. The van der Waals surface area contributed by atoms with E-state index in [4.69, 9.17) is 16.3 Å². The van der Waals surface area contributed by atoms with Gasteiger partial charge in [0.05, 0.1) is 12.3 Å². The van der Waals surface area contributed by atoms with Crippen molar-refractivity contribution in [2.75, 3.05) is 0 Å². The second kappa shape index (κ2) is 8.74. The lowest BCUT2D eigenvalue weighted by atomic mass is 9.90. The fraction of sp³-hybridized carbons (Fsp3) is 0.304. The topological polar surface area (TPSA) is 152 Å². The van der Waals surface area contributed by atoms with Crippen molar-refractivity contribution in [3.05, 3.63) is 71.2 Å². The van der Waals surface area contributed by atoms with Crippen LogP contribution in [0, 0.1) is 17.5 Å². The summed E-state index contributed by atoms with van der Waals surface area (Å²) in [6.45, 7) is 0. The van der Waals surface area contributed by atoms with Gasteiger partial charge >= 0.3 is 0 Å². The van der Waals surface area contributed by atoms with Crippen LogP contribution in [0.15, 0.2) is 42.9 Å². The van der Waals surface area contributed by atoms with Gasteiger partial charge in [0, 0.05) is 23.1 Å². The Bertz CT molecular complexity index is 1530. The van der Waals surface area contributed by atoms with Gasteiger partial charge in [0.1, 0.15) is 53.4 Å². The summed E-state index contributed by atoms with van der Waals surface area (Å²) in [5.74, 6) is -4.68. The lowest BCUT2D eigenvalue weighted by molar-refractivity contribution is -0.224. The number of aromatic nitrogens is 6. The van der Waals surface area contributed by atoms with E-state index in [-0.39, 0.29) is 40.0 Å². The van der Waals surface area contributed by atoms with Crippen LogP contribution in [0.1, 0.15) is 24.4 Å². The van der Waals surface area contributed by atoms with Crippen molar-refractivity contribution in [1.82, 2.24) is 29.8 Å². The lowest BCUT2D eigenvalue weighted by Gasteiger charge is -2.42. The molecule has 2 aliphatic rings. The molecule has 4 aromatic rings. The molecule has 38 heavy (non-hydrogen) atoms. The Hall–Kier alpha value is -3.56. The van der Waals surface area contributed by atoms with Crippen LogP contribution >= 0.6 is 11.6 Å². The molecule has 1 spiro atoms. The Morgan fingerprint density at radius 1 is 1.08 bits per heavy atom. The van der Waals surface area contributed by atoms with Gasteiger partial charge < -0.3 is 25.2 Å². The van der Waals surface area contributed by atoms with Gasteiger partial charge in [-0.1, -0.05) is 16.8 Å². The number of hydrogen-bond acceptors (Lipinski definition) is 9. The minimum absolute atomic E-state index is 0.0319. The molecule has 3 heterocycles. The third kappa shape index (κ3) is 3.75. The van der Waals surface area contributed by atoms with Crippen molar-refractivity contribution in [3.8, 4) is 22.7 Å². The third-order valence-electron chi connectivity index (χ3n) is 6.84. The zero-order valence-corrected chi connectivity index (χ0v) is 19.8. The van der Waals surface area contributed by atoms with Crippen LogP contribution in [0.3, 0.4) is 0 Å². The van der Waals surface area contributed by atoms with Crippen LogP contribution in [0.4, 0.5) is 13.2 Å². The van der Waals surface area contributed by atoms with Crippen molar-refractivity contribution in [3.63, 3.8) is 0 Å². The van der Waals surface area contributed by atoms with E-state index in [1.807, 2.05) is 0 Å². The highest BCUT2D eigenvalue weighted by molar-refractivity contribution is 6.30. The summed E-state index contributed by atoms with van der Waals surface area (Å²) in [6.07, 6.45) is -3.00. The first-order valence-electron chi connectivity index (χ1n) is 11.3. The Morgan fingerprint density at radius 3 is 2.45 bits per heavy atom. The molecule has 1 saturated heterocycles. The van der Waals surface area contributed by atoms with Gasteiger partial charge in [-0.15, -0.1) is 5.10 Å². The summed E-state index contributed by atoms with van der Waals surface area (Å²) >= 11 is 5.92. The SMILES string of the molecule is Oc1cc(Cl)ccc1-n1ncnc1[C@@H]1OC2(CC2O)[C@H](O)[C@H](n2cc(-c3cc(F)c(F)c(F)c3)nn2)[C@H]1O. The van der Waals surface area contributed by atoms with Crippen molar-refractivity contribution in [2.24, 2.45) is 0 Å². The molecule has 4 N–H and O–H groups in total. The average molecular weight is 551 g/mol. The maximum Gasteiger partial charge on any atom is 0.194 e. The number of nitrogens with zero attached hydrogens (tertiary/aromatic N) is 6. The highest BCUT2D eigenvalue weighted by Crippen LogP contribution is 2.54. The maximum absolute atomic E-state index is 13.8. The fourth-order valence-corrected chi connectivity index (χ4v) is 4.96. The Labute approximate surface area is 216 Å². The average Bonchev–Trinajstić information content (AvgIpc) is 3.24. The minimum Gasteiger partial charge on any atom is -0.506 e. The van der Waals surface area contributed by atoms with Crippen molar-refractivity contribution in [2.45, 2.75) is 42.5 Å². The molecule has 6 atom stereocenters. The number of ether oxygens (including phenoxy) is 1. The van der Waals surface area contributed by atoms with E-state index in [1.54, 1.807) is 0 Å². The monoisotopic (exact) mass is 550 g/mol. The van der Waals surface area contributed by atoms with E-state index in [2.05, 4.69) is 20.4 Å². The highest BCUT2D eigenvalue weighted by Gasteiger charge is 2.68. The predicted molar refractivity (Wildman–Crippen MR) is 122 cm³/mol. The zero-order valence-electron chi connectivity index (χ0n) is 19.0. The minimum atomic E-state index is -1.64. The van der Waals surface area contributed by atoms with Gasteiger partial charge in [-0.3, -0.25) is 0 Å². The first-order valence-corrected chi connectivity index (χ1v) is 11.7. The molecule has 2 aromatic carbocycles. The number of aliphatic hydroxyl groups is 3. The number of aliphatic hydroxyl groups excluding tert-OH is 3. The fourth-order valence-electron chi connectivity index (χ4n) is 4.79. The Morgan fingerprint density at radius 2 is 1.79 bits per heavy atom. The van der Waals surface area contributed by atoms with Crippen LogP contribution in [-0.4, -0.2) is 74.1 Å². The molecular formula is C23H18ClF3N6O5. The summed E-state index contributed by atoms with van der Waals surface area (Å²) in [4.78, 5) is 4.18. The first kappa shape index (κ1) is 24.8. The van der Waals surface area contributed by atoms with Crippen LogP contribution in [0.2, 0.25) is 5.02 Å². The molecule has 1 aliphatic heterocycles. The van der Waals surface area contributed by atoms with E-state index < -0.39 is 53.5 Å². The summed E-state index contributed by atoms with van der Waals surface area (Å²) in [5, 5.41) is 55.4. The van der Waals surface area contributed by atoms with E-state index in [0.717, 1.165) is 16.8 Å². The second-order valence-electron chi connectivity index (χ2n) is 9.14. The van der Waals surface area contributed by atoms with E-state index in [0.29, 0.717) is 0 Å². The summed E-state index contributed by atoms with van der Waals surface area (Å²) < 4.78 is 49.2. The van der Waals surface area contributed by atoms with Crippen molar-refractivity contribution < 1.29 is 38.3 Å². The van der Waals surface area contributed by atoms with Gasteiger partial charge in [0.25, 0.3) is 0 Å². The molecular weight excluding hydrogens is 533 g/mol. The van der Waals surface area contributed by atoms with Crippen LogP contribution in [0.5, 0.6) is 5.75 Å². The normalized spacial score (nSPS) is 28.7. The van der Waals surface area contributed by atoms with E-state index in [9.17, 15) is 33.6 Å². The van der Waals surface area contributed by atoms with E-state index in [1.165, 1.54) is 35.4 Å². The lowest BCUT2D eigenvalue weighted by Crippen LogP contribution is -2.54. The molecule has 0 bridgehead atoms. The van der Waals surface area contributed by atoms with Gasteiger partial charge in [-0.05, 0) is 24.3 Å². The third-order valence-corrected chi connectivity index (χ3v) is 7.07. The maximum atomic E-state index is 13.8. The number of halogens is 4. The van der Waals surface area contributed by atoms with Gasteiger partial charge in [-0.2, -0.15) is 5.10 Å². The zero-order chi connectivity index (χ0) is 26.9. The smallest absolute Gasteiger partial charge is 0.194 e. The standard InChI is InChI=1S/C23H18ClF3N6O5/c24-10-1-2-14(15(34)5-10)33-22(28-8-29-33)20-19(36)18(21(37)23(38-20)6-16(23)35)32-7-13(30-31-32)9-3-11(25)17(27)12(26)4-9/h1-5,7-8,16,18-21,34-37H,6H2/t16?,18-,19-,20-,21-,23?/m1/s1. The van der Waals surface area contributed by atoms with E-state index >= 15 is 0 Å². The number of rotatable bonds is 4. The molecule has 2 unspecified atom stereocenters. The van der Waals surface area contributed by atoms with Crippen LogP contribution < -0.4 is 0 Å². The molecule has 1 saturated carbocycles. The van der Waals surface area contributed by atoms with Crippen molar-refractivity contribution >= 4 is 11.6 Å².